The van der Waals surface area contributed by atoms with Crippen LogP contribution < -0.4 is 0 Å². The molecule has 2 nitrogen and oxygen atoms in total. The first-order valence-corrected chi connectivity index (χ1v) is 6.33. The minimum absolute atomic E-state index is 0.0521. The van der Waals surface area contributed by atoms with Crippen LogP contribution in [0.15, 0.2) is 24.3 Å². The molecule has 0 aliphatic rings. The van der Waals surface area contributed by atoms with Crippen LogP contribution in [0.25, 0.3) is 11.3 Å². The quantitative estimate of drug-likeness (QED) is 0.738. The van der Waals surface area contributed by atoms with E-state index in [0.29, 0.717) is 11.3 Å². The van der Waals surface area contributed by atoms with E-state index in [2.05, 4.69) is 4.98 Å². The summed E-state index contributed by atoms with van der Waals surface area (Å²) in [5, 5.41) is 9.42. The highest BCUT2D eigenvalue weighted by molar-refractivity contribution is 6.44. The third kappa shape index (κ3) is 2.98. The highest BCUT2D eigenvalue weighted by atomic mass is 35.5. The van der Waals surface area contributed by atoms with Crippen molar-refractivity contribution in [2.45, 2.75) is 6.42 Å². The Hall–Kier alpha value is -1.34. The third-order valence-corrected chi connectivity index (χ3v) is 3.46. The lowest BCUT2D eigenvalue weighted by atomic mass is 10.1. The van der Waals surface area contributed by atoms with E-state index in [1.165, 1.54) is 24.3 Å². The van der Waals surface area contributed by atoms with Crippen molar-refractivity contribution >= 4 is 34.8 Å². The molecule has 1 heterocycles. The van der Waals surface area contributed by atoms with E-state index >= 15 is 0 Å². The normalized spacial score (nSPS) is 10.3. The fourth-order valence-electron chi connectivity index (χ4n) is 1.55. The van der Waals surface area contributed by atoms with Crippen molar-refractivity contribution in [2.75, 3.05) is 0 Å². The van der Waals surface area contributed by atoms with Gasteiger partial charge in [-0.15, -0.1) is 0 Å². The molecule has 1 aromatic heterocycles. The first kappa shape index (κ1) is 14.1. The van der Waals surface area contributed by atoms with Gasteiger partial charge in [0.1, 0.15) is 11.5 Å². The van der Waals surface area contributed by atoms with Gasteiger partial charge in [-0.1, -0.05) is 34.8 Å². The Labute approximate surface area is 124 Å². The van der Waals surface area contributed by atoms with Gasteiger partial charge in [0.25, 0.3) is 0 Å². The van der Waals surface area contributed by atoms with E-state index in [-0.39, 0.29) is 27.2 Å². The second-order valence-corrected chi connectivity index (χ2v) is 4.94. The SMILES string of the molecule is N#CCc1ccc(F)c(-c2cc(Cl)c(Cl)cc2Cl)n1. The molecule has 19 heavy (non-hydrogen) atoms. The van der Waals surface area contributed by atoms with Gasteiger partial charge in [0.2, 0.25) is 0 Å². The number of halogens is 4. The molecule has 0 aliphatic carbocycles. The number of hydrogen-bond donors (Lipinski definition) is 0. The zero-order valence-electron chi connectivity index (χ0n) is 9.42. The molecule has 96 valence electrons. The smallest absolute Gasteiger partial charge is 0.149 e. The van der Waals surface area contributed by atoms with Crippen molar-refractivity contribution in [1.29, 1.82) is 5.26 Å². The molecule has 2 aromatic rings. The van der Waals surface area contributed by atoms with Gasteiger partial charge in [-0.3, -0.25) is 0 Å². The first-order valence-electron chi connectivity index (χ1n) is 5.20. The zero-order chi connectivity index (χ0) is 14.0. The highest BCUT2D eigenvalue weighted by Gasteiger charge is 2.14. The molecule has 0 saturated heterocycles. The van der Waals surface area contributed by atoms with E-state index < -0.39 is 5.82 Å². The standard InChI is InChI=1S/C13H6Cl3FN2/c14-9-6-11(16)10(15)5-8(9)13-12(17)2-1-7(19-13)3-4-18/h1-2,5-6H,3H2. The third-order valence-electron chi connectivity index (χ3n) is 2.43. The van der Waals surface area contributed by atoms with Crippen molar-refractivity contribution in [2.24, 2.45) is 0 Å². The first-order chi connectivity index (χ1) is 9.02. The summed E-state index contributed by atoms with van der Waals surface area (Å²) < 4.78 is 13.8. The fraction of sp³-hybridized carbons (Fsp3) is 0.0769. The molecule has 0 N–H and O–H groups in total. The lowest BCUT2D eigenvalue weighted by Gasteiger charge is -2.08. The predicted octanol–water partition coefficient (Wildman–Crippen LogP) is 4.91. The van der Waals surface area contributed by atoms with Crippen LogP contribution in [0.3, 0.4) is 0 Å². The molecule has 0 spiro atoms. The molecule has 0 radical (unpaired) electrons. The van der Waals surface area contributed by atoms with Crippen LogP contribution in [0, 0.1) is 17.1 Å². The molecule has 6 heteroatoms. The summed E-state index contributed by atoms with van der Waals surface area (Å²) in [6, 6.07) is 7.53. The second kappa shape index (κ2) is 5.75. The van der Waals surface area contributed by atoms with Crippen LogP contribution >= 0.6 is 34.8 Å². The van der Waals surface area contributed by atoms with Crippen LogP contribution in [0.4, 0.5) is 4.39 Å². The Morgan fingerprint density at radius 2 is 1.79 bits per heavy atom. The maximum absolute atomic E-state index is 13.8. The lowest BCUT2D eigenvalue weighted by Crippen LogP contribution is -1.95. The largest absolute Gasteiger partial charge is 0.249 e. The van der Waals surface area contributed by atoms with Crippen LogP contribution in [0.2, 0.25) is 15.1 Å². The van der Waals surface area contributed by atoms with E-state index in [1.807, 2.05) is 6.07 Å². The average molecular weight is 316 g/mol. The Kier molecular flexibility index (Phi) is 4.26. The average Bonchev–Trinajstić information content (AvgIpc) is 2.37. The van der Waals surface area contributed by atoms with Gasteiger partial charge in [0.15, 0.2) is 0 Å². The molecule has 0 aliphatic heterocycles. The van der Waals surface area contributed by atoms with Gasteiger partial charge in [0.05, 0.1) is 33.3 Å². The number of nitriles is 1. The Morgan fingerprint density at radius 1 is 1.11 bits per heavy atom. The summed E-state index contributed by atoms with van der Waals surface area (Å²) in [5.74, 6) is -0.540. The molecule has 0 fully saturated rings. The lowest BCUT2D eigenvalue weighted by molar-refractivity contribution is 0.624. The number of rotatable bonds is 2. The van der Waals surface area contributed by atoms with Crippen molar-refractivity contribution in [1.82, 2.24) is 4.98 Å². The fourth-order valence-corrected chi connectivity index (χ4v) is 2.19. The zero-order valence-corrected chi connectivity index (χ0v) is 11.7. The Bertz CT molecular complexity index is 680. The van der Waals surface area contributed by atoms with Crippen LogP contribution in [0.5, 0.6) is 0 Å². The summed E-state index contributed by atoms with van der Waals surface area (Å²) in [6.07, 6.45) is 0.0895. The summed E-state index contributed by atoms with van der Waals surface area (Å²) in [6.45, 7) is 0. The van der Waals surface area contributed by atoms with Gasteiger partial charge < -0.3 is 0 Å². The van der Waals surface area contributed by atoms with E-state index in [4.69, 9.17) is 40.1 Å². The van der Waals surface area contributed by atoms with E-state index in [0.717, 1.165) is 0 Å². The monoisotopic (exact) mass is 314 g/mol. The van der Waals surface area contributed by atoms with E-state index in [1.54, 1.807) is 0 Å². The topological polar surface area (TPSA) is 36.7 Å². The van der Waals surface area contributed by atoms with Gasteiger partial charge in [-0.2, -0.15) is 5.26 Å². The number of benzene rings is 1. The van der Waals surface area contributed by atoms with Gasteiger partial charge >= 0.3 is 0 Å². The minimum atomic E-state index is -0.540. The molecule has 2 rings (SSSR count). The number of nitrogens with zero attached hydrogens (tertiary/aromatic N) is 2. The molecule has 0 amide bonds. The molecule has 1 aromatic carbocycles. The molecular weight excluding hydrogens is 310 g/mol. The van der Waals surface area contributed by atoms with Crippen LogP contribution in [-0.2, 0) is 6.42 Å². The predicted molar refractivity (Wildman–Crippen MR) is 74.0 cm³/mol. The van der Waals surface area contributed by atoms with Gasteiger partial charge in [-0.25, -0.2) is 9.37 Å². The maximum Gasteiger partial charge on any atom is 0.149 e. The molecular formula is C13H6Cl3FN2. The van der Waals surface area contributed by atoms with E-state index in [9.17, 15) is 4.39 Å². The number of aromatic nitrogens is 1. The van der Waals surface area contributed by atoms with Crippen molar-refractivity contribution in [3.63, 3.8) is 0 Å². The summed E-state index contributed by atoms with van der Waals surface area (Å²) in [5.41, 5.74) is 0.853. The highest BCUT2D eigenvalue weighted by Crippen LogP contribution is 2.35. The summed E-state index contributed by atoms with van der Waals surface area (Å²) >= 11 is 17.7. The molecule has 0 saturated carbocycles. The van der Waals surface area contributed by atoms with Crippen LogP contribution in [0.1, 0.15) is 5.69 Å². The molecule has 0 atom stereocenters. The molecule has 0 bridgehead atoms. The second-order valence-electron chi connectivity index (χ2n) is 3.71. The summed E-state index contributed by atoms with van der Waals surface area (Å²) in [7, 11) is 0. The minimum Gasteiger partial charge on any atom is -0.249 e. The maximum atomic E-state index is 13.8. The van der Waals surface area contributed by atoms with Crippen LogP contribution in [-0.4, -0.2) is 4.98 Å². The summed E-state index contributed by atoms with van der Waals surface area (Å²) in [4.78, 5) is 4.08. The van der Waals surface area contributed by atoms with Crippen molar-refractivity contribution in [3.05, 3.63) is 50.8 Å². The van der Waals surface area contributed by atoms with Gasteiger partial charge in [-0.05, 0) is 24.3 Å². The van der Waals surface area contributed by atoms with Crippen molar-refractivity contribution in [3.8, 4) is 17.3 Å². The van der Waals surface area contributed by atoms with Crippen molar-refractivity contribution < 1.29 is 4.39 Å². The van der Waals surface area contributed by atoms with Gasteiger partial charge in [0, 0.05) is 5.56 Å². The number of pyridine rings is 1. The Balaban J connectivity index is 2.61. The Morgan fingerprint density at radius 3 is 2.47 bits per heavy atom. The molecule has 0 unspecified atom stereocenters. The number of hydrogen-bond acceptors (Lipinski definition) is 2.